The number of hydrogen-bond donors (Lipinski definition) is 0. The van der Waals surface area contributed by atoms with Crippen LogP contribution in [0.5, 0.6) is 0 Å². The first-order chi connectivity index (χ1) is 6.25. The molecule has 1 aliphatic rings. The molecule has 1 saturated heterocycles. The molecule has 74 valence electrons. The maximum atomic E-state index is 11.2. The lowest BCUT2D eigenvalue weighted by atomic mass is 10.0. The molecule has 1 rings (SSSR count). The van der Waals surface area contributed by atoms with Crippen LogP contribution in [0.2, 0.25) is 0 Å². The summed E-state index contributed by atoms with van der Waals surface area (Å²) in [5.41, 5.74) is 0. The van der Waals surface area contributed by atoms with Crippen molar-refractivity contribution in [3.05, 3.63) is 0 Å². The van der Waals surface area contributed by atoms with Crippen LogP contribution in [0.3, 0.4) is 0 Å². The first-order valence-corrected chi connectivity index (χ1v) is 4.59. The highest BCUT2D eigenvalue weighted by molar-refractivity contribution is 5.94. The van der Waals surface area contributed by atoms with Crippen molar-refractivity contribution in [3.8, 4) is 0 Å². The van der Waals surface area contributed by atoms with Crippen LogP contribution in [0.15, 0.2) is 0 Å². The van der Waals surface area contributed by atoms with E-state index in [1.807, 2.05) is 0 Å². The number of ether oxygens (including phenoxy) is 2. The Hall–Kier alpha value is -1.06. The number of carbonyl (C=O) groups is 2. The summed E-state index contributed by atoms with van der Waals surface area (Å²) in [7, 11) is 0. The lowest BCUT2D eigenvalue weighted by molar-refractivity contribution is -0.160. The van der Waals surface area contributed by atoms with Crippen molar-refractivity contribution >= 4 is 11.9 Å². The summed E-state index contributed by atoms with van der Waals surface area (Å²) >= 11 is 0. The minimum Gasteiger partial charge on any atom is -0.465 e. The standard InChI is InChI=1S/C9H14O4/c1-2-12-8(10)7-5-3-4-6-13-9(7)11/h7H,2-6H2,1H3. The van der Waals surface area contributed by atoms with Gasteiger partial charge in [0.15, 0.2) is 5.92 Å². The van der Waals surface area contributed by atoms with Gasteiger partial charge in [-0.3, -0.25) is 9.59 Å². The summed E-state index contributed by atoms with van der Waals surface area (Å²) in [5.74, 6) is -1.58. The molecule has 1 atom stereocenters. The van der Waals surface area contributed by atoms with Crippen LogP contribution in [0, 0.1) is 5.92 Å². The molecule has 0 saturated carbocycles. The largest absolute Gasteiger partial charge is 0.465 e. The van der Waals surface area contributed by atoms with E-state index in [-0.39, 0.29) is 0 Å². The minimum absolute atomic E-state index is 0.308. The van der Waals surface area contributed by atoms with E-state index in [1.54, 1.807) is 6.92 Å². The van der Waals surface area contributed by atoms with Gasteiger partial charge in [0.25, 0.3) is 0 Å². The average molecular weight is 186 g/mol. The number of carbonyl (C=O) groups excluding carboxylic acids is 2. The second-order valence-electron chi connectivity index (χ2n) is 2.97. The first kappa shape index (κ1) is 10.0. The van der Waals surface area contributed by atoms with E-state index in [1.165, 1.54) is 0 Å². The maximum absolute atomic E-state index is 11.2. The number of esters is 2. The predicted molar refractivity (Wildman–Crippen MR) is 44.9 cm³/mol. The Balaban J connectivity index is 2.53. The molecule has 0 bridgehead atoms. The molecule has 0 aromatic rings. The van der Waals surface area contributed by atoms with Crippen molar-refractivity contribution < 1.29 is 19.1 Å². The molecule has 0 spiro atoms. The highest BCUT2D eigenvalue weighted by atomic mass is 16.6. The molecule has 1 heterocycles. The molecule has 4 nitrogen and oxygen atoms in total. The van der Waals surface area contributed by atoms with Gasteiger partial charge < -0.3 is 9.47 Å². The fourth-order valence-corrected chi connectivity index (χ4v) is 1.30. The van der Waals surface area contributed by atoms with Crippen molar-refractivity contribution in [2.24, 2.45) is 5.92 Å². The molecule has 0 aliphatic carbocycles. The van der Waals surface area contributed by atoms with Crippen molar-refractivity contribution in [1.82, 2.24) is 0 Å². The van der Waals surface area contributed by atoms with E-state index in [0.717, 1.165) is 12.8 Å². The van der Waals surface area contributed by atoms with E-state index in [2.05, 4.69) is 0 Å². The Morgan fingerprint density at radius 2 is 2.38 bits per heavy atom. The summed E-state index contributed by atoms with van der Waals surface area (Å²) in [6.45, 7) is 2.46. The fourth-order valence-electron chi connectivity index (χ4n) is 1.30. The van der Waals surface area contributed by atoms with Crippen LogP contribution in [0.1, 0.15) is 26.2 Å². The van der Waals surface area contributed by atoms with E-state index >= 15 is 0 Å². The molecule has 0 N–H and O–H groups in total. The highest BCUT2D eigenvalue weighted by Crippen LogP contribution is 2.16. The van der Waals surface area contributed by atoms with Crippen LogP contribution in [0.25, 0.3) is 0 Å². The topological polar surface area (TPSA) is 52.6 Å². The van der Waals surface area contributed by atoms with E-state index in [9.17, 15) is 9.59 Å². The van der Waals surface area contributed by atoms with E-state index in [4.69, 9.17) is 9.47 Å². The quantitative estimate of drug-likeness (QED) is 0.474. The normalized spacial score (nSPS) is 23.2. The van der Waals surface area contributed by atoms with Gasteiger partial charge in [0, 0.05) is 0 Å². The molecule has 1 aliphatic heterocycles. The van der Waals surface area contributed by atoms with Crippen LogP contribution >= 0.6 is 0 Å². The molecular weight excluding hydrogens is 172 g/mol. The third-order valence-electron chi connectivity index (χ3n) is 1.99. The summed E-state index contributed by atoms with van der Waals surface area (Å²) in [5, 5.41) is 0. The zero-order valence-electron chi connectivity index (χ0n) is 7.75. The molecule has 0 aromatic heterocycles. The summed E-state index contributed by atoms with van der Waals surface area (Å²) < 4.78 is 9.61. The van der Waals surface area contributed by atoms with Crippen LogP contribution in [0.4, 0.5) is 0 Å². The van der Waals surface area contributed by atoms with Crippen molar-refractivity contribution in [2.75, 3.05) is 13.2 Å². The first-order valence-electron chi connectivity index (χ1n) is 4.59. The Morgan fingerprint density at radius 3 is 3.08 bits per heavy atom. The molecule has 1 fully saturated rings. The monoisotopic (exact) mass is 186 g/mol. The maximum Gasteiger partial charge on any atom is 0.320 e. The van der Waals surface area contributed by atoms with Crippen LogP contribution in [-0.2, 0) is 19.1 Å². The summed E-state index contributed by atoms with van der Waals surface area (Å²) in [6, 6.07) is 0. The molecule has 13 heavy (non-hydrogen) atoms. The highest BCUT2D eigenvalue weighted by Gasteiger charge is 2.30. The lowest BCUT2D eigenvalue weighted by Crippen LogP contribution is -2.26. The lowest BCUT2D eigenvalue weighted by Gasteiger charge is -2.09. The third-order valence-corrected chi connectivity index (χ3v) is 1.99. The smallest absolute Gasteiger partial charge is 0.320 e. The third kappa shape index (κ3) is 2.72. The number of cyclic esters (lactones) is 1. The second kappa shape index (κ2) is 4.84. The van der Waals surface area contributed by atoms with Gasteiger partial charge >= 0.3 is 11.9 Å². The molecule has 1 unspecified atom stereocenters. The van der Waals surface area contributed by atoms with Gasteiger partial charge in [-0.2, -0.15) is 0 Å². The Labute approximate surface area is 77.2 Å². The summed E-state index contributed by atoms with van der Waals surface area (Å²) in [4.78, 5) is 22.4. The molecule has 0 aromatic carbocycles. The van der Waals surface area contributed by atoms with Crippen molar-refractivity contribution in [1.29, 1.82) is 0 Å². The number of hydrogen-bond acceptors (Lipinski definition) is 4. The molecule has 0 radical (unpaired) electrons. The van der Waals surface area contributed by atoms with Crippen LogP contribution in [-0.4, -0.2) is 25.2 Å². The molecule has 0 amide bonds. The van der Waals surface area contributed by atoms with Gasteiger partial charge in [0.05, 0.1) is 13.2 Å². The minimum atomic E-state index is -0.692. The second-order valence-corrected chi connectivity index (χ2v) is 2.97. The predicted octanol–water partition coefficient (Wildman–Crippen LogP) is 0.893. The van der Waals surface area contributed by atoms with Crippen molar-refractivity contribution in [3.63, 3.8) is 0 Å². The molecular formula is C9H14O4. The fraction of sp³-hybridized carbons (Fsp3) is 0.778. The van der Waals surface area contributed by atoms with Gasteiger partial charge in [-0.05, 0) is 26.2 Å². The Morgan fingerprint density at radius 1 is 1.62 bits per heavy atom. The Kier molecular flexibility index (Phi) is 3.73. The van der Waals surface area contributed by atoms with Gasteiger partial charge in [-0.15, -0.1) is 0 Å². The zero-order valence-corrected chi connectivity index (χ0v) is 7.75. The number of rotatable bonds is 2. The van der Waals surface area contributed by atoms with E-state index < -0.39 is 17.9 Å². The van der Waals surface area contributed by atoms with Gasteiger partial charge in [0.2, 0.25) is 0 Å². The summed E-state index contributed by atoms with van der Waals surface area (Å²) in [6.07, 6.45) is 2.23. The van der Waals surface area contributed by atoms with Gasteiger partial charge in [-0.1, -0.05) is 0 Å². The zero-order chi connectivity index (χ0) is 9.68. The SMILES string of the molecule is CCOC(=O)C1CCCCOC1=O. The molecule has 4 heteroatoms. The van der Waals surface area contributed by atoms with Crippen LogP contribution < -0.4 is 0 Å². The Bertz CT molecular complexity index is 200. The van der Waals surface area contributed by atoms with E-state index in [0.29, 0.717) is 19.6 Å². The average Bonchev–Trinajstić information content (AvgIpc) is 2.30. The van der Waals surface area contributed by atoms with Gasteiger partial charge in [-0.25, -0.2) is 0 Å². The van der Waals surface area contributed by atoms with Gasteiger partial charge in [0.1, 0.15) is 0 Å². The van der Waals surface area contributed by atoms with Crippen molar-refractivity contribution in [2.45, 2.75) is 26.2 Å².